The first kappa shape index (κ1) is 71.6. The number of halogens is 6. The van der Waals surface area contributed by atoms with Gasteiger partial charge in [0, 0.05) is 38.9 Å². The van der Waals surface area contributed by atoms with Gasteiger partial charge in [-0.25, -0.2) is 4.79 Å². The number of carbonyl (C=O) groups excluding carboxylic acids is 2. The zero-order chi connectivity index (χ0) is 42.3. The number of hydrogen-bond donors (Lipinski definition) is 9. The van der Waals surface area contributed by atoms with Gasteiger partial charge in [-0.05, 0) is 113 Å². The molecular weight excluding hydrogens is 869 g/mol. The number of aliphatic hydroxyl groups is 3. The van der Waals surface area contributed by atoms with Crippen molar-refractivity contribution in [1.29, 1.82) is 0 Å². The summed E-state index contributed by atoms with van der Waals surface area (Å²) in [7, 11) is 0. The Labute approximate surface area is 379 Å². The second kappa shape index (κ2) is 50.4. The normalized spacial score (nSPS) is 10.8. The quantitative estimate of drug-likeness (QED) is 0.0213. The molecule has 15 nitrogen and oxygen atoms in total. The van der Waals surface area contributed by atoms with Gasteiger partial charge in [-0.15, -0.1) is 0 Å². The van der Waals surface area contributed by atoms with E-state index in [0.29, 0.717) is 39.2 Å². The first-order chi connectivity index (χ1) is 25.4. The number of ether oxygens (including phenoxy) is 2. The van der Waals surface area contributed by atoms with E-state index in [1.54, 1.807) is 0 Å². The van der Waals surface area contributed by atoms with Crippen LogP contribution in [0.15, 0.2) is 0 Å². The van der Waals surface area contributed by atoms with Crippen LogP contribution in [-0.2, 0) is 14.3 Å². The molecule has 0 fully saturated rings. The van der Waals surface area contributed by atoms with Crippen molar-refractivity contribution < 1.29 is 88.0 Å². The van der Waals surface area contributed by atoms with Crippen molar-refractivity contribution >= 4 is 46.9 Å². The number of quaternary nitrogens is 3. The molecule has 0 aromatic carbocycles. The molecule has 0 saturated heterocycles. The molecule has 0 saturated carbocycles. The van der Waals surface area contributed by atoms with Crippen molar-refractivity contribution in [3.05, 3.63) is 0 Å². The Balaban J connectivity index is -0.000000135. The standard InChI is InChI=1S/C19H38N2O5.2C8H21N3O.CHCl3.3ClH/c1-18(2,3)25-16(23)10-7-8-12-21(14-15-22)13-9-11-20-17(24)26-19(4,5)6;2*9-3-1-5-11(7-8-12)6-2-4-10;2-1(3)4;;;/h22H,7-15H2,1-6H3,(H,20,24);2*12H,1-10H2;1H;3*1H. The molecule has 0 atom stereocenters. The molecule has 0 bridgehead atoms. The largest absolute Gasteiger partial charge is 1.00 e. The molecule has 1 amide bonds. The molecular formula is C36H84Cl6N8O7. The molecule has 15 N–H and O–H groups in total. The van der Waals surface area contributed by atoms with E-state index >= 15 is 0 Å². The number of esters is 1. The summed E-state index contributed by atoms with van der Waals surface area (Å²) < 4.78 is 9.72. The number of carbonyl (C=O) groups is 2. The predicted octanol–water partition coefficient (Wildman–Crippen LogP) is -9.19. The van der Waals surface area contributed by atoms with Gasteiger partial charge >= 0.3 is 12.1 Å². The Morgan fingerprint density at radius 1 is 0.649 bits per heavy atom. The summed E-state index contributed by atoms with van der Waals surface area (Å²) in [4.78, 5) is 29.1. The number of amides is 1. The molecule has 0 radical (unpaired) electrons. The Hall–Kier alpha value is 0.0800. The van der Waals surface area contributed by atoms with E-state index in [9.17, 15) is 14.7 Å². The number of alkyl halides is 3. The summed E-state index contributed by atoms with van der Waals surface area (Å²) >= 11 is 14.4. The molecule has 0 spiro atoms. The maximum Gasteiger partial charge on any atom is 0.407 e. The van der Waals surface area contributed by atoms with Crippen LogP contribution in [-0.4, -0.2) is 164 Å². The molecule has 0 rings (SSSR count). The number of hydrogen-bond acceptors (Lipinski definition) is 11. The van der Waals surface area contributed by atoms with Gasteiger partial charge in [0.1, 0.15) is 17.7 Å². The van der Waals surface area contributed by atoms with Gasteiger partial charge in [0.15, 0.2) is 4.30 Å². The van der Waals surface area contributed by atoms with E-state index in [4.69, 9.17) is 66.0 Å². The van der Waals surface area contributed by atoms with Gasteiger partial charge < -0.3 is 105 Å². The van der Waals surface area contributed by atoms with Gasteiger partial charge in [0.2, 0.25) is 0 Å². The minimum Gasteiger partial charge on any atom is -1.00 e. The zero-order valence-corrected chi connectivity index (χ0v) is 40.5. The number of unbranched alkanes of at least 4 members (excludes halogenated alkanes) is 1. The van der Waals surface area contributed by atoms with Gasteiger partial charge in [-0.2, -0.15) is 0 Å². The minimum atomic E-state index is -0.750. The second-order valence-electron chi connectivity index (χ2n) is 14.6. The fourth-order valence-electron chi connectivity index (χ4n) is 4.67. The highest BCUT2D eigenvalue weighted by molar-refractivity contribution is 6.63. The number of rotatable bonds is 27. The Bertz CT molecular complexity index is 749. The van der Waals surface area contributed by atoms with Crippen molar-refractivity contribution in [3.8, 4) is 0 Å². The van der Waals surface area contributed by atoms with Crippen molar-refractivity contribution in [2.24, 2.45) is 11.5 Å². The third-order valence-corrected chi connectivity index (χ3v) is 7.06. The number of alkyl carbamates (subject to hydrolysis) is 1. The first-order valence-corrected chi connectivity index (χ1v) is 20.9. The van der Waals surface area contributed by atoms with Gasteiger partial charge in [-0.1, -0.05) is 34.8 Å². The van der Waals surface area contributed by atoms with E-state index in [-0.39, 0.29) is 56.4 Å². The summed E-state index contributed by atoms with van der Waals surface area (Å²) in [6, 6.07) is 0. The van der Waals surface area contributed by atoms with Crippen LogP contribution < -0.4 is 70.4 Å². The van der Waals surface area contributed by atoms with Crippen LogP contribution in [0.25, 0.3) is 0 Å². The zero-order valence-electron chi connectivity index (χ0n) is 36.0. The van der Waals surface area contributed by atoms with Crippen molar-refractivity contribution in [1.82, 2.24) is 15.1 Å². The first-order valence-electron chi connectivity index (χ1n) is 19.6. The Morgan fingerprint density at radius 2 is 1.05 bits per heavy atom. The molecule has 0 aromatic heterocycles. The van der Waals surface area contributed by atoms with E-state index in [2.05, 4.69) is 26.6 Å². The number of nitrogens with two attached hydrogens (primary N) is 2. The number of nitrogens with one attached hydrogen (secondary N) is 2. The lowest BCUT2D eigenvalue weighted by Crippen LogP contribution is -3.12. The summed E-state index contributed by atoms with van der Waals surface area (Å²) in [6.45, 7) is 23.6. The fourth-order valence-corrected chi connectivity index (χ4v) is 4.67. The van der Waals surface area contributed by atoms with Crippen LogP contribution >= 0.6 is 34.8 Å². The maximum atomic E-state index is 11.7. The Morgan fingerprint density at radius 3 is 1.40 bits per heavy atom. The SMILES string of the molecule is CC(C)(C)OC(=O)CCCCN(CCO)CCCNC(=O)OC(C)(C)C.ClC(Cl)Cl.NCCCN(CCO)CCCN.[Cl-].[Cl-].[Cl-].[NH3+]CCC[NH+](CCO)CCC[NH3+]. The van der Waals surface area contributed by atoms with Crippen LogP contribution in [0.1, 0.15) is 92.9 Å². The summed E-state index contributed by atoms with van der Waals surface area (Å²) in [6.07, 6.45) is 6.68. The Kier molecular flexibility index (Phi) is 63.3. The summed E-state index contributed by atoms with van der Waals surface area (Å²) in [5, 5.41) is 29.4. The monoisotopic (exact) mass is 950 g/mol. The second-order valence-corrected chi connectivity index (χ2v) is 16.6. The van der Waals surface area contributed by atoms with Crippen LogP contribution in [0.3, 0.4) is 0 Å². The van der Waals surface area contributed by atoms with Crippen LogP contribution in [0.4, 0.5) is 4.79 Å². The molecule has 0 aliphatic rings. The third-order valence-electron chi connectivity index (χ3n) is 7.06. The van der Waals surface area contributed by atoms with Crippen LogP contribution in [0, 0.1) is 0 Å². The molecule has 57 heavy (non-hydrogen) atoms. The summed E-state index contributed by atoms with van der Waals surface area (Å²) in [5.41, 5.74) is 17.5. The van der Waals surface area contributed by atoms with Crippen molar-refractivity contribution in [3.63, 3.8) is 0 Å². The van der Waals surface area contributed by atoms with Crippen molar-refractivity contribution in [2.45, 2.75) is 108 Å². The fraction of sp³-hybridized carbons (Fsp3) is 0.944. The van der Waals surface area contributed by atoms with E-state index in [1.165, 1.54) is 4.90 Å². The van der Waals surface area contributed by atoms with Gasteiger partial charge in [0.05, 0.1) is 46.0 Å². The van der Waals surface area contributed by atoms with Gasteiger partial charge in [0.25, 0.3) is 0 Å². The molecule has 0 aliphatic carbocycles. The summed E-state index contributed by atoms with van der Waals surface area (Å²) in [5.74, 6) is -0.173. The highest BCUT2D eigenvalue weighted by atomic mass is 35.6. The lowest BCUT2D eigenvalue weighted by Gasteiger charge is -2.22. The topological polar surface area (TPSA) is 244 Å². The number of nitrogens with zero attached hydrogens (tertiary/aromatic N) is 2. The van der Waals surface area contributed by atoms with E-state index in [0.717, 1.165) is 110 Å². The van der Waals surface area contributed by atoms with Crippen LogP contribution in [0.2, 0.25) is 0 Å². The van der Waals surface area contributed by atoms with Crippen LogP contribution in [0.5, 0.6) is 0 Å². The third kappa shape index (κ3) is 68.1. The molecule has 0 heterocycles. The van der Waals surface area contributed by atoms with Gasteiger partial charge in [-0.3, -0.25) is 4.79 Å². The average molecular weight is 954 g/mol. The lowest BCUT2D eigenvalue weighted by molar-refractivity contribution is -0.902. The minimum absolute atomic E-state index is 0. The smallest absolute Gasteiger partial charge is 0.407 e. The maximum absolute atomic E-state index is 11.7. The van der Waals surface area contributed by atoms with E-state index in [1.807, 2.05) is 41.5 Å². The lowest BCUT2D eigenvalue weighted by atomic mass is 10.2. The predicted molar refractivity (Wildman–Crippen MR) is 222 cm³/mol. The van der Waals surface area contributed by atoms with E-state index < -0.39 is 21.6 Å². The highest BCUT2D eigenvalue weighted by Gasteiger charge is 2.17. The van der Waals surface area contributed by atoms with Crippen molar-refractivity contribution in [2.75, 3.05) is 111 Å². The molecule has 21 heteroatoms. The molecule has 0 unspecified atom stereocenters. The molecule has 0 aromatic rings. The molecule has 352 valence electrons. The average Bonchev–Trinajstić information content (AvgIpc) is 3.06. The highest BCUT2D eigenvalue weighted by Crippen LogP contribution is 2.10. The number of aliphatic hydroxyl groups excluding tert-OH is 3. The molecule has 0 aliphatic heterocycles.